The molecule has 1 N–H and O–H groups in total. The molecule has 1 saturated heterocycles. The van der Waals surface area contributed by atoms with Gasteiger partial charge in [-0.3, -0.25) is 9.69 Å². The molecule has 0 radical (unpaired) electrons. The van der Waals surface area contributed by atoms with Crippen LogP contribution in [-0.4, -0.2) is 72.6 Å². The third kappa shape index (κ3) is 4.03. The molecule has 2 aliphatic heterocycles. The lowest BCUT2D eigenvalue weighted by Gasteiger charge is -2.48. The van der Waals surface area contributed by atoms with Gasteiger partial charge in [-0.1, -0.05) is 0 Å². The molecule has 7 nitrogen and oxygen atoms in total. The second-order valence-corrected chi connectivity index (χ2v) is 11.0. The summed E-state index contributed by atoms with van der Waals surface area (Å²) in [5, 5.41) is 11.0. The number of carbonyl (C=O) groups is 1. The Labute approximate surface area is 178 Å². The number of hydrogen-bond acceptors (Lipinski definition) is 6. The fourth-order valence-electron chi connectivity index (χ4n) is 4.23. The van der Waals surface area contributed by atoms with Crippen LogP contribution in [0.3, 0.4) is 0 Å². The van der Waals surface area contributed by atoms with E-state index in [1.54, 1.807) is 13.8 Å². The lowest BCUT2D eigenvalue weighted by molar-refractivity contribution is -0.150. The maximum atomic E-state index is 13.1. The fraction of sp³-hybridized carbons (Fsp3) is 0.650. The van der Waals surface area contributed by atoms with Gasteiger partial charge in [0.15, 0.2) is 0 Å². The van der Waals surface area contributed by atoms with Crippen molar-refractivity contribution in [2.24, 2.45) is 5.92 Å². The zero-order valence-electron chi connectivity index (χ0n) is 17.2. The Kier molecular flexibility index (Phi) is 5.30. The van der Waals surface area contributed by atoms with Crippen LogP contribution >= 0.6 is 0 Å². The number of ether oxygens (including phenoxy) is 1. The first kappa shape index (κ1) is 22.3. The van der Waals surface area contributed by atoms with E-state index in [-0.39, 0.29) is 30.3 Å². The SMILES string of the molecule is CC1(C)Oc2ccc(S(=O)(=O)C(F)(F)F)cc2[C@H](N2CCN(CC3CC3)CC2=O)[C@H]1O. The lowest BCUT2D eigenvalue weighted by Crippen LogP contribution is -2.59. The van der Waals surface area contributed by atoms with E-state index in [9.17, 15) is 31.5 Å². The predicted molar refractivity (Wildman–Crippen MR) is 104 cm³/mol. The molecule has 172 valence electrons. The molecular weight excluding hydrogens is 437 g/mol. The highest BCUT2D eigenvalue weighted by atomic mass is 32.2. The molecule has 4 rings (SSSR count). The van der Waals surface area contributed by atoms with Gasteiger partial charge in [0.05, 0.1) is 17.5 Å². The van der Waals surface area contributed by atoms with Gasteiger partial charge < -0.3 is 14.7 Å². The summed E-state index contributed by atoms with van der Waals surface area (Å²) in [5.41, 5.74) is -6.54. The molecule has 2 fully saturated rings. The molecular formula is C20H25F3N2O5S. The first-order chi connectivity index (χ1) is 14.3. The van der Waals surface area contributed by atoms with Gasteiger partial charge in [0.25, 0.3) is 9.84 Å². The van der Waals surface area contributed by atoms with E-state index in [0.717, 1.165) is 37.6 Å². The Morgan fingerprint density at radius 1 is 1.23 bits per heavy atom. The van der Waals surface area contributed by atoms with Gasteiger partial charge in [0, 0.05) is 25.2 Å². The van der Waals surface area contributed by atoms with E-state index < -0.39 is 38.0 Å². The molecule has 1 aromatic carbocycles. The smallest absolute Gasteiger partial charge is 0.485 e. The topological polar surface area (TPSA) is 87.2 Å². The zero-order chi connectivity index (χ0) is 22.8. The number of amides is 1. The molecule has 1 amide bonds. The molecule has 1 aliphatic carbocycles. The summed E-state index contributed by atoms with van der Waals surface area (Å²) in [4.78, 5) is 15.5. The summed E-state index contributed by atoms with van der Waals surface area (Å²) >= 11 is 0. The first-order valence-electron chi connectivity index (χ1n) is 10.2. The summed E-state index contributed by atoms with van der Waals surface area (Å²) in [6.07, 6.45) is 1.03. The minimum atomic E-state index is -5.59. The maximum absolute atomic E-state index is 13.1. The van der Waals surface area contributed by atoms with Crippen molar-refractivity contribution in [2.75, 3.05) is 26.2 Å². The highest BCUT2D eigenvalue weighted by Crippen LogP contribution is 2.45. The fourth-order valence-corrected chi connectivity index (χ4v) is 5.03. The van der Waals surface area contributed by atoms with Crippen molar-refractivity contribution in [3.05, 3.63) is 23.8 Å². The molecule has 31 heavy (non-hydrogen) atoms. The molecule has 0 aromatic heterocycles. The minimum Gasteiger partial charge on any atom is -0.485 e. The maximum Gasteiger partial charge on any atom is 0.501 e. The Bertz CT molecular complexity index is 991. The molecule has 1 aromatic rings. The van der Waals surface area contributed by atoms with Gasteiger partial charge in [-0.2, -0.15) is 13.2 Å². The largest absolute Gasteiger partial charge is 0.501 e. The van der Waals surface area contributed by atoms with Gasteiger partial charge in [0.1, 0.15) is 17.5 Å². The molecule has 0 bridgehead atoms. The number of benzene rings is 1. The normalized spacial score (nSPS) is 27.0. The van der Waals surface area contributed by atoms with Crippen molar-refractivity contribution in [3.8, 4) is 5.75 Å². The number of carbonyl (C=O) groups excluding carboxylic acids is 1. The summed E-state index contributed by atoms with van der Waals surface area (Å²) in [5.74, 6) is 0.487. The minimum absolute atomic E-state index is 0.0566. The number of alkyl halides is 3. The lowest BCUT2D eigenvalue weighted by atomic mass is 9.85. The Hall–Kier alpha value is -1.85. The van der Waals surface area contributed by atoms with E-state index >= 15 is 0 Å². The summed E-state index contributed by atoms with van der Waals surface area (Å²) < 4.78 is 68.8. The van der Waals surface area contributed by atoms with Crippen LogP contribution in [0.5, 0.6) is 5.75 Å². The third-order valence-corrected chi connectivity index (χ3v) is 7.67. The average Bonchev–Trinajstić information content (AvgIpc) is 3.46. The van der Waals surface area contributed by atoms with Crippen molar-refractivity contribution in [3.63, 3.8) is 0 Å². The Morgan fingerprint density at radius 3 is 2.48 bits per heavy atom. The van der Waals surface area contributed by atoms with Crippen LogP contribution < -0.4 is 4.74 Å². The second kappa shape index (κ2) is 7.35. The van der Waals surface area contributed by atoms with Gasteiger partial charge in [-0.05, 0) is 50.8 Å². The van der Waals surface area contributed by atoms with Crippen LogP contribution in [-0.2, 0) is 14.6 Å². The van der Waals surface area contributed by atoms with E-state index in [4.69, 9.17) is 4.74 Å². The summed E-state index contributed by atoms with van der Waals surface area (Å²) in [6.45, 7) is 5.05. The summed E-state index contributed by atoms with van der Waals surface area (Å²) in [6, 6.07) is 1.84. The highest BCUT2D eigenvalue weighted by molar-refractivity contribution is 7.92. The quantitative estimate of drug-likeness (QED) is 0.738. The zero-order valence-corrected chi connectivity index (χ0v) is 18.0. The standard InChI is InChI=1S/C20H25F3N2O5S/c1-19(2)18(27)17(25-8-7-24(11-16(25)26)10-12-3-4-12)14-9-13(5-6-15(14)30-19)31(28,29)20(21,22)23/h5-6,9,12,17-18,27H,3-4,7-8,10-11H2,1-2H3/t17-,18+/m0/s1. The van der Waals surface area contributed by atoms with Crippen molar-refractivity contribution in [2.45, 2.75) is 54.8 Å². The first-order valence-corrected chi connectivity index (χ1v) is 11.6. The number of nitrogens with zero attached hydrogens (tertiary/aromatic N) is 2. The van der Waals surface area contributed by atoms with Crippen molar-refractivity contribution in [1.29, 1.82) is 0 Å². The van der Waals surface area contributed by atoms with Crippen molar-refractivity contribution >= 4 is 15.7 Å². The number of aliphatic hydroxyl groups excluding tert-OH is 1. The number of piperazine rings is 1. The van der Waals surface area contributed by atoms with Crippen LogP contribution in [0.4, 0.5) is 13.2 Å². The number of hydrogen-bond donors (Lipinski definition) is 1. The molecule has 11 heteroatoms. The van der Waals surface area contributed by atoms with Gasteiger partial charge in [0.2, 0.25) is 5.91 Å². The Balaban J connectivity index is 1.71. The van der Waals surface area contributed by atoms with E-state index in [2.05, 4.69) is 0 Å². The number of fused-ring (bicyclic) bond motifs is 1. The van der Waals surface area contributed by atoms with E-state index in [1.807, 2.05) is 4.90 Å². The predicted octanol–water partition coefficient (Wildman–Crippen LogP) is 2.11. The molecule has 2 heterocycles. The summed E-state index contributed by atoms with van der Waals surface area (Å²) in [7, 11) is -5.59. The van der Waals surface area contributed by atoms with Crippen LogP contribution in [0.25, 0.3) is 0 Å². The van der Waals surface area contributed by atoms with Crippen LogP contribution in [0.15, 0.2) is 23.1 Å². The van der Waals surface area contributed by atoms with Crippen molar-refractivity contribution < 1.29 is 36.2 Å². The second-order valence-electron chi connectivity index (χ2n) is 9.01. The molecule has 2 atom stereocenters. The monoisotopic (exact) mass is 462 g/mol. The van der Waals surface area contributed by atoms with E-state index in [0.29, 0.717) is 12.5 Å². The van der Waals surface area contributed by atoms with Gasteiger partial charge >= 0.3 is 5.51 Å². The number of rotatable bonds is 4. The van der Waals surface area contributed by atoms with Crippen molar-refractivity contribution in [1.82, 2.24) is 9.80 Å². The number of sulfone groups is 1. The average molecular weight is 462 g/mol. The molecule has 0 spiro atoms. The highest BCUT2D eigenvalue weighted by Gasteiger charge is 2.50. The third-order valence-electron chi connectivity index (χ3n) is 6.18. The number of halogens is 3. The van der Waals surface area contributed by atoms with Gasteiger partial charge in [-0.15, -0.1) is 0 Å². The molecule has 0 unspecified atom stereocenters. The van der Waals surface area contributed by atoms with Crippen LogP contribution in [0.1, 0.15) is 38.3 Å². The van der Waals surface area contributed by atoms with Crippen LogP contribution in [0, 0.1) is 5.92 Å². The van der Waals surface area contributed by atoms with Gasteiger partial charge in [-0.25, -0.2) is 8.42 Å². The van der Waals surface area contributed by atoms with E-state index in [1.165, 1.54) is 4.90 Å². The Morgan fingerprint density at radius 2 is 1.90 bits per heavy atom. The number of aliphatic hydroxyl groups is 1. The molecule has 1 saturated carbocycles. The molecule has 3 aliphatic rings. The van der Waals surface area contributed by atoms with Crippen LogP contribution in [0.2, 0.25) is 0 Å².